The Morgan fingerprint density at radius 2 is 1.95 bits per heavy atom. The van der Waals surface area contributed by atoms with Gasteiger partial charge in [0.1, 0.15) is 5.82 Å². The molecular formula is C16H18N4O. The third-order valence-corrected chi connectivity index (χ3v) is 4.30. The van der Waals surface area contributed by atoms with Gasteiger partial charge in [-0.15, -0.1) is 10.2 Å². The quantitative estimate of drug-likeness (QED) is 0.849. The first kappa shape index (κ1) is 12.6. The monoisotopic (exact) mass is 282 g/mol. The summed E-state index contributed by atoms with van der Waals surface area (Å²) >= 11 is 0. The second-order valence-electron chi connectivity index (χ2n) is 6.02. The Balaban J connectivity index is 1.61. The van der Waals surface area contributed by atoms with E-state index < -0.39 is 0 Å². The molecule has 1 aliphatic heterocycles. The molecule has 0 N–H and O–H groups in total. The zero-order valence-corrected chi connectivity index (χ0v) is 12.1. The summed E-state index contributed by atoms with van der Waals surface area (Å²) in [7, 11) is 0. The maximum atomic E-state index is 12.6. The lowest BCUT2D eigenvalue weighted by Crippen LogP contribution is -2.40. The Morgan fingerprint density at radius 1 is 1.19 bits per heavy atom. The number of carbonyl (C=O) groups excluding carboxylic acids is 1. The highest BCUT2D eigenvalue weighted by Gasteiger charge is 2.35. The second kappa shape index (κ2) is 4.69. The van der Waals surface area contributed by atoms with Crippen LogP contribution in [-0.4, -0.2) is 32.1 Å². The van der Waals surface area contributed by atoms with Crippen LogP contribution in [-0.2, 0) is 6.54 Å². The molecule has 1 amide bonds. The van der Waals surface area contributed by atoms with Crippen LogP contribution in [0.25, 0.3) is 0 Å². The molecule has 1 aliphatic carbocycles. The van der Waals surface area contributed by atoms with E-state index in [-0.39, 0.29) is 11.9 Å². The number of hydrogen-bond acceptors (Lipinski definition) is 3. The molecular weight excluding hydrogens is 264 g/mol. The molecule has 21 heavy (non-hydrogen) atoms. The molecule has 1 atom stereocenters. The number of aromatic nitrogens is 3. The van der Waals surface area contributed by atoms with Crippen LogP contribution < -0.4 is 0 Å². The summed E-state index contributed by atoms with van der Waals surface area (Å²) in [5.41, 5.74) is 0.736. The van der Waals surface area contributed by atoms with Crippen molar-refractivity contribution in [3.63, 3.8) is 0 Å². The van der Waals surface area contributed by atoms with E-state index in [9.17, 15) is 4.79 Å². The summed E-state index contributed by atoms with van der Waals surface area (Å²) in [5, 5.41) is 8.67. The van der Waals surface area contributed by atoms with Gasteiger partial charge in [0.05, 0.1) is 12.6 Å². The van der Waals surface area contributed by atoms with E-state index in [1.807, 2.05) is 35.2 Å². The molecule has 2 heterocycles. The van der Waals surface area contributed by atoms with E-state index in [0.717, 1.165) is 23.8 Å². The molecule has 4 rings (SSSR count). The van der Waals surface area contributed by atoms with E-state index >= 15 is 0 Å². The SMILES string of the molecule is C[C@H]1CN(C(=O)c2ccccc2)Cc2nnc(C3CC3)n21. The fourth-order valence-corrected chi connectivity index (χ4v) is 3.10. The Bertz CT molecular complexity index is 675. The van der Waals surface area contributed by atoms with Gasteiger partial charge in [0.2, 0.25) is 0 Å². The first-order valence-corrected chi connectivity index (χ1v) is 7.52. The highest BCUT2D eigenvalue weighted by Crippen LogP contribution is 2.41. The van der Waals surface area contributed by atoms with E-state index in [2.05, 4.69) is 21.7 Å². The Kier molecular flexibility index (Phi) is 2.80. The number of fused-ring (bicyclic) bond motifs is 1. The van der Waals surface area contributed by atoms with Crippen LogP contribution in [0.3, 0.4) is 0 Å². The minimum absolute atomic E-state index is 0.0738. The molecule has 1 aromatic carbocycles. The lowest BCUT2D eigenvalue weighted by atomic mass is 10.1. The van der Waals surface area contributed by atoms with Crippen LogP contribution in [0.2, 0.25) is 0 Å². The molecule has 0 spiro atoms. The largest absolute Gasteiger partial charge is 0.329 e. The molecule has 0 bridgehead atoms. The predicted molar refractivity (Wildman–Crippen MR) is 77.9 cm³/mol. The summed E-state index contributed by atoms with van der Waals surface area (Å²) in [6, 6.07) is 9.69. The van der Waals surface area contributed by atoms with Crippen LogP contribution in [0, 0.1) is 0 Å². The zero-order chi connectivity index (χ0) is 14.4. The molecule has 0 radical (unpaired) electrons. The Hall–Kier alpha value is -2.17. The number of hydrogen-bond donors (Lipinski definition) is 0. The summed E-state index contributed by atoms with van der Waals surface area (Å²) in [4.78, 5) is 14.5. The van der Waals surface area contributed by atoms with Crippen molar-refractivity contribution in [2.75, 3.05) is 6.54 Å². The Morgan fingerprint density at radius 3 is 2.67 bits per heavy atom. The minimum Gasteiger partial charge on any atom is -0.329 e. The van der Waals surface area contributed by atoms with Crippen molar-refractivity contribution in [2.24, 2.45) is 0 Å². The van der Waals surface area contributed by atoms with E-state index in [0.29, 0.717) is 12.5 Å². The molecule has 0 saturated heterocycles. The molecule has 5 heteroatoms. The molecule has 2 aliphatic rings. The van der Waals surface area contributed by atoms with Crippen LogP contribution in [0.5, 0.6) is 0 Å². The molecule has 1 aromatic heterocycles. The summed E-state index contributed by atoms with van der Waals surface area (Å²) in [6.45, 7) is 3.42. The van der Waals surface area contributed by atoms with E-state index in [1.54, 1.807) is 0 Å². The predicted octanol–water partition coefficient (Wildman–Crippen LogP) is 2.37. The lowest BCUT2D eigenvalue weighted by Gasteiger charge is -2.32. The number of carbonyl (C=O) groups is 1. The van der Waals surface area contributed by atoms with Gasteiger partial charge in [-0.2, -0.15) is 0 Å². The van der Waals surface area contributed by atoms with Crippen molar-refractivity contribution in [2.45, 2.75) is 38.3 Å². The molecule has 5 nitrogen and oxygen atoms in total. The average molecular weight is 282 g/mol. The van der Waals surface area contributed by atoms with Gasteiger partial charge in [0.15, 0.2) is 5.82 Å². The van der Waals surface area contributed by atoms with Crippen LogP contribution in [0.1, 0.15) is 53.7 Å². The van der Waals surface area contributed by atoms with Crippen molar-refractivity contribution in [3.05, 3.63) is 47.5 Å². The molecule has 0 unspecified atom stereocenters. The normalized spacial score (nSPS) is 21.2. The summed E-state index contributed by atoms with van der Waals surface area (Å²) < 4.78 is 2.24. The van der Waals surface area contributed by atoms with Crippen molar-refractivity contribution < 1.29 is 4.79 Å². The van der Waals surface area contributed by atoms with Crippen LogP contribution >= 0.6 is 0 Å². The number of benzene rings is 1. The van der Waals surface area contributed by atoms with Crippen molar-refractivity contribution >= 4 is 5.91 Å². The van der Waals surface area contributed by atoms with Gasteiger partial charge in [-0.3, -0.25) is 4.79 Å². The van der Waals surface area contributed by atoms with Gasteiger partial charge < -0.3 is 9.47 Å². The van der Waals surface area contributed by atoms with Gasteiger partial charge in [-0.25, -0.2) is 0 Å². The average Bonchev–Trinajstić information content (AvgIpc) is 3.27. The third-order valence-electron chi connectivity index (χ3n) is 4.30. The fourth-order valence-electron chi connectivity index (χ4n) is 3.10. The number of amides is 1. The van der Waals surface area contributed by atoms with Crippen LogP contribution in [0.4, 0.5) is 0 Å². The van der Waals surface area contributed by atoms with Gasteiger partial charge >= 0.3 is 0 Å². The minimum atomic E-state index is 0.0738. The standard InChI is InChI=1S/C16H18N4O/c1-11-9-19(16(21)13-5-3-2-4-6-13)10-14-17-18-15(20(11)14)12-7-8-12/h2-6,11-12H,7-10H2,1H3/t11-/m0/s1. The maximum absolute atomic E-state index is 12.6. The zero-order valence-electron chi connectivity index (χ0n) is 12.1. The van der Waals surface area contributed by atoms with E-state index in [1.165, 1.54) is 12.8 Å². The topological polar surface area (TPSA) is 51.0 Å². The Labute approximate surface area is 123 Å². The second-order valence-corrected chi connectivity index (χ2v) is 6.02. The molecule has 1 saturated carbocycles. The van der Waals surface area contributed by atoms with Crippen LogP contribution in [0.15, 0.2) is 30.3 Å². The molecule has 2 aromatic rings. The smallest absolute Gasteiger partial charge is 0.254 e. The maximum Gasteiger partial charge on any atom is 0.254 e. The molecule has 108 valence electrons. The fraction of sp³-hybridized carbons (Fsp3) is 0.438. The number of nitrogens with zero attached hydrogens (tertiary/aromatic N) is 4. The lowest BCUT2D eigenvalue weighted by molar-refractivity contribution is 0.0679. The summed E-state index contributed by atoms with van der Waals surface area (Å²) in [5.74, 6) is 2.69. The van der Waals surface area contributed by atoms with Crippen molar-refractivity contribution in [3.8, 4) is 0 Å². The third kappa shape index (κ3) is 2.13. The first-order valence-electron chi connectivity index (χ1n) is 7.52. The van der Waals surface area contributed by atoms with Gasteiger partial charge in [-0.05, 0) is 31.9 Å². The highest BCUT2D eigenvalue weighted by atomic mass is 16.2. The first-order chi connectivity index (χ1) is 10.2. The van der Waals surface area contributed by atoms with Gasteiger partial charge in [0, 0.05) is 18.0 Å². The van der Waals surface area contributed by atoms with Gasteiger partial charge in [0.25, 0.3) is 5.91 Å². The van der Waals surface area contributed by atoms with Crippen molar-refractivity contribution in [1.82, 2.24) is 19.7 Å². The van der Waals surface area contributed by atoms with E-state index in [4.69, 9.17) is 0 Å². The molecule has 1 fully saturated rings. The highest BCUT2D eigenvalue weighted by molar-refractivity contribution is 5.94. The summed E-state index contributed by atoms with van der Waals surface area (Å²) in [6.07, 6.45) is 2.44. The van der Waals surface area contributed by atoms with Gasteiger partial charge in [-0.1, -0.05) is 18.2 Å². The van der Waals surface area contributed by atoms with Crippen molar-refractivity contribution in [1.29, 1.82) is 0 Å². The number of rotatable bonds is 2.